The molecular weight excluding hydrogens is 436 g/mol. The lowest BCUT2D eigenvalue weighted by molar-refractivity contribution is 0.0939. The van der Waals surface area contributed by atoms with Crippen molar-refractivity contribution in [2.75, 3.05) is 11.8 Å². The summed E-state index contributed by atoms with van der Waals surface area (Å²) in [4.78, 5) is 13.0. The van der Waals surface area contributed by atoms with Crippen LogP contribution in [0.15, 0.2) is 65.6 Å². The average Bonchev–Trinajstić information content (AvgIpc) is 3.27. The van der Waals surface area contributed by atoms with Gasteiger partial charge in [-0.05, 0) is 91.8 Å². The topological polar surface area (TPSA) is 84.5 Å². The third-order valence-electron chi connectivity index (χ3n) is 6.05. The minimum atomic E-state index is -3.88. The lowest BCUT2D eigenvalue weighted by Gasteiger charge is -2.17. The molecule has 3 aromatic carbocycles. The van der Waals surface area contributed by atoms with E-state index in [2.05, 4.69) is 28.2 Å². The Morgan fingerprint density at radius 3 is 2.42 bits per heavy atom. The van der Waals surface area contributed by atoms with Crippen LogP contribution in [0.3, 0.4) is 0 Å². The second-order valence-electron chi connectivity index (χ2n) is 8.39. The van der Waals surface area contributed by atoms with Crippen LogP contribution in [0.25, 0.3) is 0 Å². The van der Waals surface area contributed by atoms with E-state index in [1.807, 2.05) is 6.92 Å². The molecule has 0 saturated carbocycles. The third-order valence-corrected chi connectivity index (χ3v) is 7.58. The highest BCUT2D eigenvalue weighted by Crippen LogP contribution is 2.26. The molecule has 172 valence electrons. The standard InChI is InChI=1S/C26H28N2O4S/c1-17-7-8-22(16-25(17)33(30,31)28-23-11-13-24(32-3)14-12-23)26(29)27-18(2)20-10-9-19-5-4-6-21(19)15-20/h7-16,18,28H,4-6H2,1-3H3,(H,27,29)/t18-/m1/s1. The number of carbonyl (C=O) groups excluding carboxylic acids is 1. The Hall–Kier alpha value is -3.32. The number of carbonyl (C=O) groups is 1. The first-order valence-corrected chi connectivity index (χ1v) is 12.5. The van der Waals surface area contributed by atoms with Crippen molar-refractivity contribution in [1.29, 1.82) is 0 Å². The molecule has 0 fully saturated rings. The van der Waals surface area contributed by atoms with Crippen molar-refractivity contribution in [3.8, 4) is 5.75 Å². The van der Waals surface area contributed by atoms with Crippen LogP contribution in [0.4, 0.5) is 5.69 Å². The molecule has 1 aliphatic carbocycles. The first-order valence-electron chi connectivity index (χ1n) is 11.0. The molecule has 0 saturated heterocycles. The van der Waals surface area contributed by atoms with Crippen LogP contribution in [-0.4, -0.2) is 21.4 Å². The molecule has 1 amide bonds. The van der Waals surface area contributed by atoms with Crippen molar-refractivity contribution in [2.45, 2.75) is 44.0 Å². The van der Waals surface area contributed by atoms with Gasteiger partial charge in [-0.3, -0.25) is 9.52 Å². The molecule has 0 unspecified atom stereocenters. The number of hydrogen-bond donors (Lipinski definition) is 2. The van der Waals surface area contributed by atoms with E-state index in [-0.39, 0.29) is 16.8 Å². The van der Waals surface area contributed by atoms with Gasteiger partial charge < -0.3 is 10.1 Å². The number of anilines is 1. The van der Waals surface area contributed by atoms with Gasteiger partial charge in [-0.15, -0.1) is 0 Å². The van der Waals surface area contributed by atoms with Crippen molar-refractivity contribution in [1.82, 2.24) is 5.32 Å². The average molecular weight is 465 g/mol. The van der Waals surface area contributed by atoms with Gasteiger partial charge in [0, 0.05) is 11.3 Å². The first-order chi connectivity index (χ1) is 15.8. The lowest BCUT2D eigenvalue weighted by atomic mass is 10.0. The van der Waals surface area contributed by atoms with Gasteiger partial charge in [0.15, 0.2) is 0 Å². The highest BCUT2D eigenvalue weighted by Gasteiger charge is 2.21. The Morgan fingerprint density at radius 1 is 0.970 bits per heavy atom. The largest absolute Gasteiger partial charge is 0.497 e. The minimum Gasteiger partial charge on any atom is -0.497 e. The number of fused-ring (bicyclic) bond motifs is 1. The van der Waals surface area contributed by atoms with E-state index in [1.54, 1.807) is 50.4 Å². The highest BCUT2D eigenvalue weighted by atomic mass is 32.2. The van der Waals surface area contributed by atoms with Crippen LogP contribution in [0, 0.1) is 6.92 Å². The zero-order valence-corrected chi connectivity index (χ0v) is 19.8. The summed E-state index contributed by atoms with van der Waals surface area (Å²) in [7, 11) is -2.33. The fourth-order valence-corrected chi connectivity index (χ4v) is 5.45. The number of hydrogen-bond acceptors (Lipinski definition) is 4. The molecule has 7 heteroatoms. The summed E-state index contributed by atoms with van der Waals surface area (Å²) in [6, 6.07) is 17.5. The molecule has 1 atom stereocenters. The number of sulfonamides is 1. The summed E-state index contributed by atoms with van der Waals surface area (Å²) in [5.74, 6) is 0.314. The fraction of sp³-hybridized carbons (Fsp3) is 0.269. The Kier molecular flexibility index (Phi) is 6.42. The van der Waals surface area contributed by atoms with E-state index in [1.165, 1.54) is 23.6 Å². The Labute approximate surface area is 195 Å². The van der Waals surface area contributed by atoms with E-state index >= 15 is 0 Å². The summed E-state index contributed by atoms with van der Waals surface area (Å²) >= 11 is 0. The monoisotopic (exact) mass is 464 g/mol. The first kappa shape index (κ1) is 22.9. The third kappa shape index (κ3) is 5.03. The van der Waals surface area contributed by atoms with Gasteiger partial charge in [0.25, 0.3) is 15.9 Å². The maximum absolute atomic E-state index is 13.0. The molecule has 0 aliphatic heterocycles. The zero-order chi connectivity index (χ0) is 23.6. The maximum Gasteiger partial charge on any atom is 0.262 e. The predicted octanol–water partition coefficient (Wildman–Crippen LogP) is 4.78. The minimum absolute atomic E-state index is 0.0659. The molecule has 3 aromatic rings. The fourth-order valence-electron chi connectivity index (χ4n) is 4.12. The number of aryl methyl sites for hydroxylation is 3. The second-order valence-corrected chi connectivity index (χ2v) is 10.0. The van der Waals surface area contributed by atoms with Crippen LogP contribution in [0.5, 0.6) is 5.75 Å². The van der Waals surface area contributed by atoms with E-state index in [4.69, 9.17) is 4.74 Å². The van der Waals surface area contributed by atoms with Crippen LogP contribution in [-0.2, 0) is 22.9 Å². The summed E-state index contributed by atoms with van der Waals surface area (Å²) in [6.45, 7) is 3.64. The Morgan fingerprint density at radius 2 is 1.70 bits per heavy atom. The van der Waals surface area contributed by atoms with Crippen molar-refractivity contribution in [3.05, 3.63) is 88.5 Å². The Balaban J connectivity index is 1.52. The smallest absolute Gasteiger partial charge is 0.262 e. The number of nitrogens with one attached hydrogen (secondary N) is 2. The van der Waals surface area contributed by atoms with Crippen molar-refractivity contribution in [3.63, 3.8) is 0 Å². The van der Waals surface area contributed by atoms with Gasteiger partial charge in [-0.2, -0.15) is 0 Å². The second kappa shape index (κ2) is 9.27. The molecule has 0 heterocycles. The molecule has 0 spiro atoms. The van der Waals surface area contributed by atoms with Gasteiger partial charge in [0.1, 0.15) is 5.75 Å². The number of methoxy groups -OCH3 is 1. The molecule has 33 heavy (non-hydrogen) atoms. The highest BCUT2D eigenvalue weighted by molar-refractivity contribution is 7.92. The molecular formula is C26H28N2O4S. The Bertz CT molecular complexity index is 1280. The number of amides is 1. The van der Waals surface area contributed by atoms with Crippen molar-refractivity contribution >= 4 is 21.6 Å². The van der Waals surface area contributed by atoms with Crippen LogP contribution >= 0.6 is 0 Å². The normalized spacial score (nSPS) is 13.8. The van der Waals surface area contributed by atoms with Crippen molar-refractivity contribution < 1.29 is 17.9 Å². The summed E-state index contributed by atoms with van der Waals surface area (Å²) in [5, 5.41) is 3.00. The zero-order valence-electron chi connectivity index (χ0n) is 19.0. The lowest BCUT2D eigenvalue weighted by Crippen LogP contribution is -2.27. The van der Waals surface area contributed by atoms with Gasteiger partial charge in [0.2, 0.25) is 0 Å². The van der Waals surface area contributed by atoms with Crippen LogP contribution in [0.1, 0.15) is 52.0 Å². The summed E-state index contributed by atoms with van der Waals surface area (Å²) in [6.07, 6.45) is 3.36. The molecule has 0 aromatic heterocycles. The van der Waals surface area contributed by atoms with Gasteiger partial charge >= 0.3 is 0 Å². The number of rotatable bonds is 7. The van der Waals surface area contributed by atoms with Gasteiger partial charge in [-0.1, -0.05) is 24.3 Å². The molecule has 4 rings (SSSR count). The molecule has 0 radical (unpaired) electrons. The number of benzene rings is 3. The molecule has 2 N–H and O–H groups in total. The van der Waals surface area contributed by atoms with Gasteiger partial charge in [-0.25, -0.2) is 8.42 Å². The van der Waals surface area contributed by atoms with E-state index < -0.39 is 10.0 Å². The summed E-state index contributed by atoms with van der Waals surface area (Å²) in [5.41, 5.74) is 5.04. The molecule has 1 aliphatic rings. The van der Waals surface area contributed by atoms with Crippen LogP contribution in [0.2, 0.25) is 0 Å². The van der Waals surface area contributed by atoms with E-state index in [9.17, 15) is 13.2 Å². The van der Waals surface area contributed by atoms with Crippen LogP contribution < -0.4 is 14.8 Å². The van der Waals surface area contributed by atoms with Gasteiger partial charge in [0.05, 0.1) is 18.0 Å². The predicted molar refractivity (Wildman–Crippen MR) is 129 cm³/mol. The number of ether oxygens (including phenoxy) is 1. The van der Waals surface area contributed by atoms with E-state index in [0.717, 1.165) is 18.4 Å². The van der Waals surface area contributed by atoms with E-state index in [0.29, 0.717) is 22.6 Å². The quantitative estimate of drug-likeness (QED) is 0.527. The maximum atomic E-state index is 13.0. The molecule has 6 nitrogen and oxygen atoms in total. The summed E-state index contributed by atoms with van der Waals surface area (Å²) < 4.78 is 33.7. The molecule has 0 bridgehead atoms. The van der Waals surface area contributed by atoms with Crippen molar-refractivity contribution in [2.24, 2.45) is 0 Å². The SMILES string of the molecule is COc1ccc(NS(=O)(=O)c2cc(C(=O)N[C@H](C)c3ccc4c(c3)CCC4)ccc2C)cc1.